The molecule has 1 aliphatic rings. The summed E-state index contributed by atoms with van der Waals surface area (Å²) in [6, 6.07) is -1.14. The minimum atomic E-state index is -4.97. The van der Waals surface area contributed by atoms with Crippen LogP contribution in [0, 0.1) is 0 Å². The maximum atomic E-state index is 11.1. The van der Waals surface area contributed by atoms with E-state index in [-0.39, 0.29) is 3.97 Å². The van der Waals surface area contributed by atoms with E-state index in [0.29, 0.717) is 0 Å². The zero-order chi connectivity index (χ0) is 12.1. The first-order valence-corrected chi connectivity index (χ1v) is 5.05. The van der Waals surface area contributed by atoms with Crippen molar-refractivity contribution in [1.82, 2.24) is 8.96 Å². The molecule has 1 aliphatic heterocycles. The van der Waals surface area contributed by atoms with Crippen LogP contribution in [0.25, 0.3) is 0 Å². The fourth-order valence-corrected chi connectivity index (χ4v) is 1.73. The number of fused-ring (bicyclic) bond motifs is 1. The lowest BCUT2D eigenvalue weighted by atomic mass is 10.6. The average Bonchev–Trinajstić information content (AvgIpc) is 2.43. The fraction of sp³-hybridized carbons (Fsp3) is 0. The number of hydrogen-bond donors (Lipinski definition) is 2. The van der Waals surface area contributed by atoms with Gasteiger partial charge in [-0.3, -0.25) is 14.3 Å². The van der Waals surface area contributed by atoms with E-state index in [0.717, 1.165) is 0 Å². The van der Waals surface area contributed by atoms with E-state index in [9.17, 15) is 22.8 Å². The molecule has 0 saturated heterocycles. The van der Waals surface area contributed by atoms with E-state index in [1.807, 2.05) is 0 Å². The van der Waals surface area contributed by atoms with Gasteiger partial charge in [0, 0.05) is 0 Å². The minimum Gasteiger partial charge on any atom is -0.271 e. The fourth-order valence-electron chi connectivity index (χ4n) is 1.13. The third-order valence-corrected chi connectivity index (χ3v) is 2.46. The van der Waals surface area contributed by atoms with Crippen LogP contribution in [0.4, 0.5) is 4.79 Å². The van der Waals surface area contributed by atoms with Gasteiger partial charge in [-0.15, -0.1) is 3.97 Å². The first-order valence-electron chi connectivity index (χ1n) is 3.65. The number of rotatable bonds is 1. The van der Waals surface area contributed by atoms with E-state index in [1.54, 1.807) is 4.98 Å². The molecule has 0 bridgehead atoms. The first kappa shape index (κ1) is 10.4. The molecule has 0 aliphatic carbocycles. The summed E-state index contributed by atoms with van der Waals surface area (Å²) >= 11 is 0. The van der Waals surface area contributed by atoms with E-state index < -0.39 is 38.4 Å². The number of hydrogen-bond acceptors (Lipinski definition) is 5. The second kappa shape index (κ2) is 2.93. The number of carbonyl (C=O) groups is 1. The van der Waals surface area contributed by atoms with Crippen LogP contribution in [0.1, 0.15) is 0 Å². The van der Waals surface area contributed by atoms with Gasteiger partial charge in [0.2, 0.25) is 0 Å². The number of nitrogens with one attached hydrogen (secondary N) is 1. The van der Waals surface area contributed by atoms with Crippen LogP contribution in [0.2, 0.25) is 0 Å². The van der Waals surface area contributed by atoms with Gasteiger partial charge >= 0.3 is 22.0 Å². The standard InChI is InChI=1S/C5H2N4O6S/c10-3-1-2(7-4(11)6-1)9(5(12)8-3)16(13,14)15/h(H,8,10,12)(H,13,14,15). The van der Waals surface area contributed by atoms with E-state index in [2.05, 4.69) is 9.98 Å². The smallest absolute Gasteiger partial charge is 0.271 e. The highest BCUT2D eigenvalue weighted by atomic mass is 32.2. The molecule has 0 fully saturated rings. The third-order valence-electron chi connectivity index (χ3n) is 1.66. The van der Waals surface area contributed by atoms with Gasteiger partial charge in [-0.25, -0.2) is 9.59 Å². The van der Waals surface area contributed by atoms with Crippen molar-refractivity contribution in [2.24, 2.45) is 9.98 Å². The number of aromatic amines is 1. The molecule has 1 aromatic rings. The average molecular weight is 246 g/mol. The predicted molar refractivity (Wildman–Crippen MR) is 46.0 cm³/mol. The second-order valence-corrected chi connectivity index (χ2v) is 3.94. The van der Waals surface area contributed by atoms with Crippen LogP contribution < -0.4 is 22.1 Å². The molecule has 2 N–H and O–H groups in total. The molecule has 0 radical (unpaired) electrons. The highest BCUT2D eigenvalue weighted by Crippen LogP contribution is 1.83. The summed E-state index contributed by atoms with van der Waals surface area (Å²) in [4.78, 5) is 40.7. The maximum Gasteiger partial charge on any atom is 0.370 e. The van der Waals surface area contributed by atoms with Crippen LogP contribution >= 0.6 is 0 Å². The van der Waals surface area contributed by atoms with Crippen LogP contribution in [-0.4, -0.2) is 28.0 Å². The Morgan fingerprint density at radius 2 is 1.81 bits per heavy atom. The normalized spacial score (nSPS) is 14.2. The Balaban J connectivity index is 3.22. The molecular weight excluding hydrogens is 244 g/mol. The number of amides is 2. The molecule has 0 spiro atoms. The van der Waals surface area contributed by atoms with Crippen molar-refractivity contribution < 1.29 is 17.8 Å². The first-order chi connectivity index (χ1) is 7.30. The number of urea groups is 1. The molecule has 2 heterocycles. The summed E-state index contributed by atoms with van der Waals surface area (Å²) in [5, 5.41) is -0.637. The van der Waals surface area contributed by atoms with Crippen molar-refractivity contribution in [3.63, 3.8) is 0 Å². The predicted octanol–water partition coefficient (Wildman–Crippen LogP) is -3.44. The van der Waals surface area contributed by atoms with Crippen LogP contribution in [0.5, 0.6) is 0 Å². The molecule has 11 heteroatoms. The van der Waals surface area contributed by atoms with Crippen molar-refractivity contribution in [3.05, 3.63) is 31.7 Å². The van der Waals surface area contributed by atoms with E-state index in [4.69, 9.17) is 4.55 Å². The summed E-state index contributed by atoms with van der Waals surface area (Å²) in [5.74, 6) is 0. The summed E-state index contributed by atoms with van der Waals surface area (Å²) in [6.07, 6.45) is 0. The van der Waals surface area contributed by atoms with Gasteiger partial charge < -0.3 is 0 Å². The number of nitrogens with zero attached hydrogens (tertiary/aromatic N) is 3. The largest absolute Gasteiger partial charge is 0.370 e. The van der Waals surface area contributed by atoms with Crippen molar-refractivity contribution in [2.75, 3.05) is 0 Å². The minimum absolute atomic E-state index is 0.224. The molecule has 1 aromatic heterocycles. The Hall–Kier alpha value is -2.14. The lowest BCUT2D eigenvalue weighted by Crippen LogP contribution is -2.54. The lowest BCUT2D eigenvalue weighted by molar-refractivity contribution is 0.256. The molecule has 10 nitrogen and oxygen atoms in total. The maximum absolute atomic E-state index is 11.1. The van der Waals surface area contributed by atoms with Gasteiger partial charge in [-0.2, -0.15) is 18.4 Å². The zero-order valence-corrected chi connectivity index (χ0v) is 8.05. The monoisotopic (exact) mass is 246 g/mol. The van der Waals surface area contributed by atoms with E-state index >= 15 is 0 Å². The SMILES string of the molecule is O=C1N=c2c(=O)[nH]c(=O)n(S(=O)(=O)O)c2=N1. The quantitative estimate of drug-likeness (QED) is 0.492. The number of H-pyrrole nitrogens is 1. The molecule has 0 saturated carbocycles. The molecule has 84 valence electrons. The summed E-state index contributed by atoms with van der Waals surface area (Å²) in [6.45, 7) is 0. The highest BCUT2D eigenvalue weighted by molar-refractivity contribution is 7.84. The van der Waals surface area contributed by atoms with Gasteiger partial charge in [-0.1, -0.05) is 0 Å². The highest BCUT2D eigenvalue weighted by Gasteiger charge is 2.20. The van der Waals surface area contributed by atoms with Crippen LogP contribution in [0.3, 0.4) is 0 Å². The topological polar surface area (TPSA) is 151 Å². The molecule has 16 heavy (non-hydrogen) atoms. The molecule has 0 unspecified atom stereocenters. The number of carbonyl (C=O) groups excluding carboxylic acids is 1. The Morgan fingerprint density at radius 1 is 1.19 bits per heavy atom. The Labute approximate surface area is 85.5 Å². The molecule has 2 amide bonds. The Bertz CT molecular complexity index is 827. The van der Waals surface area contributed by atoms with Gasteiger partial charge in [0.15, 0.2) is 10.8 Å². The molecule has 0 aromatic carbocycles. The van der Waals surface area contributed by atoms with Gasteiger partial charge in [0.1, 0.15) is 0 Å². The summed E-state index contributed by atoms with van der Waals surface area (Å²) in [5.41, 5.74) is -3.30. The Kier molecular flexibility index (Phi) is 1.90. The van der Waals surface area contributed by atoms with Crippen molar-refractivity contribution in [2.45, 2.75) is 0 Å². The molecular formula is C5H2N4O6S. The van der Waals surface area contributed by atoms with Crippen LogP contribution in [-0.2, 0) is 10.3 Å². The van der Waals surface area contributed by atoms with Gasteiger partial charge in [-0.05, 0) is 0 Å². The van der Waals surface area contributed by atoms with Gasteiger partial charge in [0.25, 0.3) is 5.56 Å². The van der Waals surface area contributed by atoms with Crippen LogP contribution in [0.15, 0.2) is 19.6 Å². The number of aromatic nitrogens is 2. The summed E-state index contributed by atoms with van der Waals surface area (Å²) in [7, 11) is -4.97. The molecule has 0 atom stereocenters. The van der Waals surface area contributed by atoms with Crippen molar-refractivity contribution in [3.8, 4) is 0 Å². The van der Waals surface area contributed by atoms with Gasteiger partial charge in [0.05, 0.1) is 0 Å². The van der Waals surface area contributed by atoms with Crippen molar-refractivity contribution in [1.29, 1.82) is 0 Å². The van der Waals surface area contributed by atoms with Crippen molar-refractivity contribution >= 4 is 16.3 Å². The second-order valence-electron chi connectivity index (χ2n) is 2.68. The zero-order valence-electron chi connectivity index (χ0n) is 7.24. The molecule has 2 rings (SSSR count). The third kappa shape index (κ3) is 1.38. The Morgan fingerprint density at radius 3 is 2.38 bits per heavy atom. The van der Waals surface area contributed by atoms with E-state index in [1.165, 1.54) is 0 Å². The lowest BCUT2D eigenvalue weighted by Gasteiger charge is -1.97. The summed E-state index contributed by atoms with van der Waals surface area (Å²) < 4.78 is 30.1.